The van der Waals surface area contributed by atoms with Gasteiger partial charge in [0.15, 0.2) is 0 Å². The van der Waals surface area contributed by atoms with E-state index in [1.165, 1.54) is 18.3 Å². The van der Waals surface area contributed by atoms with E-state index in [-0.39, 0.29) is 11.0 Å². The number of H-pyrrole nitrogens is 1. The maximum Gasteiger partial charge on any atom is 0.368 e. The molecule has 0 amide bonds. The smallest absolute Gasteiger partial charge is 0.345 e. The predicted molar refractivity (Wildman–Crippen MR) is 51.4 cm³/mol. The van der Waals surface area contributed by atoms with Crippen molar-refractivity contribution < 1.29 is 22.4 Å². The van der Waals surface area contributed by atoms with E-state index in [2.05, 4.69) is 9.97 Å². The Morgan fingerprint density at radius 2 is 2.12 bits per heavy atom. The molecule has 0 atom stereocenters. The van der Waals surface area contributed by atoms with Gasteiger partial charge >= 0.3 is 12.3 Å². The summed E-state index contributed by atoms with van der Waals surface area (Å²) in [7, 11) is 0. The Labute approximate surface area is 92.5 Å². The van der Waals surface area contributed by atoms with Gasteiger partial charge in [0.25, 0.3) is 0 Å². The van der Waals surface area contributed by atoms with Crippen LogP contribution in [0.3, 0.4) is 0 Å². The second-order valence-corrected chi connectivity index (χ2v) is 3.35. The molecule has 2 aromatic rings. The molecule has 7 heteroatoms. The number of hydrogen-bond acceptors (Lipinski definition) is 2. The van der Waals surface area contributed by atoms with Gasteiger partial charge in [-0.3, -0.25) is 4.79 Å². The average Bonchev–Trinajstić information content (AvgIpc) is 2.71. The number of hydrogen-bond donors (Lipinski definition) is 1. The molecule has 0 radical (unpaired) electrons. The molecule has 2 heterocycles. The zero-order valence-electron chi connectivity index (χ0n) is 8.25. The molecule has 0 aromatic carbocycles. The molecule has 0 aliphatic heterocycles. The van der Waals surface area contributed by atoms with Crippen molar-refractivity contribution >= 4 is 16.8 Å². The van der Waals surface area contributed by atoms with Crippen LogP contribution in [0, 0.1) is 0 Å². The van der Waals surface area contributed by atoms with E-state index in [0.717, 1.165) is 6.20 Å². The Morgan fingerprint density at radius 1 is 1.41 bits per heavy atom. The number of nitrogens with zero attached hydrogens (tertiary/aromatic N) is 1. The van der Waals surface area contributed by atoms with Crippen molar-refractivity contribution in [3.05, 3.63) is 30.1 Å². The summed E-state index contributed by atoms with van der Waals surface area (Å²) in [4.78, 5) is 17.5. The minimum absolute atomic E-state index is 0.0952. The highest BCUT2D eigenvalue weighted by molar-refractivity contribution is 6.10. The van der Waals surface area contributed by atoms with Crippen molar-refractivity contribution in [2.75, 3.05) is 0 Å². The second-order valence-electron chi connectivity index (χ2n) is 3.35. The van der Waals surface area contributed by atoms with Crippen LogP contribution in [0.5, 0.6) is 0 Å². The minimum Gasteiger partial charge on any atom is -0.345 e. The topological polar surface area (TPSA) is 45.8 Å². The summed E-state index contributed by atoms with van der Waals surface area (Å²) in [6.07, 6.45) is -1.69. The first kappa shape index (κ1) is 11.6. The molecular weight excluding hydrogens is 240 g/mol. The van der Waals surface area contributed by atoms with E-state index in [1.54, 1.807) is 0 Å². The van der Waals surface area contributed by atoms with Crippen LogP contribution in [0.4, 0.5) is 17.6 Å². The first-order valence-corrected chi connectivity index (χ1v) is 4.57. The number of alkyl halides is 4. The molecule has 17 heavy (non-hydrogen) atoms. The summed E-state index contributed by atoms with van der Waals surface area (Å²) in [5, 5.41) is 0.0952. The molecular formula is C10H6F4N2O. The Morgan fingerprint density at radius 3 is 2.76 bits per heavy atom. The monoisotopic (exact) mass is 246 g/mol. The van der Waals surface area contributed by atoms with Gasteiger partial charge in [-0.05, 0) is 12.1 Å². The third-order valence-electron chi connectivity index (χ3n) is 2.27. The van der Waals surface area contributed by atoms with Crippen molar-refractivity contribution in [3.8, 4) is 0 Å². The fraction of sp³-hybridized carbons (Fsp3) is 0.200. The fourth-order valence-corrected chi connectivity index (χ4v) is 1.42. The summed E-state index contributed by atoms with van der Waals surface area (Å²) >= 11 is 0. The van der Waals surface area contributed by atoms with Gasteiger partial charge in [0, 0.05) is 17.8 Å². The van der Waals surface area contributed by atoms with Crippen molar-refractivity contribution in [2.45, 2.75) is 12.3 Å². The SMILES string of the molecule is O=C(c1c[nH]c2ncccc12)C(F)(F)C(F)F. The Hall–Kier alpha value is -1.92. The van der Waals surface area contributed by atoms with Crippen LogP contribution in [0.2, 0.25) is 0 Å². The van der Waals surface area contributed by atoms with E-state index in [9.17, 15) is 22.4 Å². The maximum atomic E-state index is 12.9. The van der Waals surface area contributed by atoms with Crippen LogP contribution in [0.1, 0.15) is 10.4 Å². The highest BCUT2D eigenvalue weighted by atomic mass is 19.3. The van der Waals surface area contributed by atoms with Crippen LogP contribution >= 0.6 is 0 Å². The molecule has 0 saturated heterocycles. The van der Waals surface area contributed by atoms with Gasteiger partial charge < -0.3 is 4.98 Å². The predicted octanol–water partition coefficient (Wildman–Crippen LogP) is 2.65. The second kappa shape index (κ2) is 3.83. The van der Waals surface area contributed by atoms with E-state index in [0.29, 0.717) is 0 Å². The molecule has 0 aliphatic rings. The third kappa shape index (κ3) is 1.77. The third-order valence-corrected chi connectivity index (χ3v) is 2.27. The highest BCUT2D eigenvalue weighted by Gasteiger charge is 2.49. The van der Waals surface area contributed by atoms with Gasteiger partial charge in [0.05, 0.1) is 5.56 Å². The van der Waals surface area contributed by atoms with E-state index >= 15 is 0 Å². The molecule has 0 fully saturated rings. The first-order valence-electron chi connectivity index (χ1n) is 4.57. The van der Waals surface area contributed by atoms with E-state index < -0.39 is 23.7 Å². The number of carbonyl (C=O) groups is 1. The van der Waals surface area contributed by atoms with Gasteiger partial charge in [-0.15, -0.1) is 0 Å². The number of nitrogens with one attached hydrogen (secondary N) is 1. The van der Waals surface area contributed by atoms with Crippen molar-refractivity contribution in [3.63, 3.8) is 0 Å². The molecule has 3 nitrogen and oxygen atoms in total. The van der Waals surface area contributed by atoms with Crippen LogP contribution in [-0.2, 0) is 0 Å². The molecule has 90 valence electrons. The Balaban J connectivity index is 2.51. The molecule has 1 N–H and O–H groups in total. The highest BCUT2D eigenvalue weighted by Crippen LogP contribution is 2.29. The largest absolute Gasteiger partial charge is 0.368 e. The van der Waals surface area contributed by atoms with Gasteiger partial charge in [0.2, 0.25) is 5.78 Å². The molecule has 0 saturated carbocycles. The van der Waals surface area contributed by atoms with E-state index in [4.69, 9.17) is 0 Å². The standard InChI is InChI=1S/C10H6F4N2O/c11-9(12)10(13,14)7(17)6-4-16-8-5(6)2-1-3-15-8/h1-4,9H,(H,15,16). The summed E-state index contributed by atoms with van der Waals surface area (Å²) in [5.41, 5.74) is -0.292. The normalized spacial score (nSPS) is 12.3. The van der Waals surface area contributed by atoms with Crippen molar-refractivity contribution in [1.29, 1.82) is 0 Å². The quantitative estimate of drug-likeness (QED) is 0.668. The lowest BCUT2D eigenvalue weighted by Crippen LogP contribution is -2.36. The van der Waals surface area contributed by atoms with Crippen LogP contribution in [0.25, 0.3) is 11.0 Å². The molecule has 0 bridgehead atoms. The minimum atomic E-state index is -4.69. The lowest BCUT2D eigenvalue weighted by Gasteiger charge is -2.12. The number of halogens is 4. The lowest BCUT2D eigenvalue weighted by molar-refractivity contribution is -0.0957. The Kier molecular flexibility index (Phi) is 2.60. The summed E-state index contributed by atoms with van der Waals surface area (Å²) in [6.45, 7) is 0. The first-order chi connectivity index (χ1) is 7.94. The summed E-state index contributed by atoms with van der Waals surface area (Å²) in [6, 6.07) is 2.78. The number of fused-ring (bicyclic) bond motifs is 1. The van der Waals surface area contributed by atoms with Gasteiger partial charge in [-0.25, -0.2) is 13.8 Å². The van der Waals surface area contributed by atoms with Crippen LogP contribution < -0.4 is 0 Å². The number of carbonyl (C=O) groups excluding carboxylic acids is 1. The maximum absolute atomic E-state index is 12.9. The van der Waals surface area contributed by atoms with Gasteiger partial charge in [-0.1, -0.05) is 0 Å². The summed E-state index contributed by atoms with van der Waals surface area (Å²) < 4.78 is 49.9. The average molecular weight is 246 g/mol. The Bertz CT molecular complexity index is 564. The molecule has 0 aliphatic carbocycles. The van der Waals surface area contributed by atoms with Crippen molar-refractivity contribution in [2.24, 2.45) is 0 Å². The number of Topliss-reactive ketones (excluding diaryl/α,β-unsaturated/α-hetero) is 1. The van der Waals surface area contributed by atoms with Gasteiger partial charge in [0.1, 0.15) is 5.65 Å². The van der Waals surface area contributed by atoms with Crippen LogP contribution in [-0.4, -0.2) is 28.1 Å². The van der Waals surface area contributed by atoms with Gasteiger partial charge in [-0.2, -0.15) is 8.78 Å². The fourth-order valence-electron chi connectivity index (χ4n) is 1.42. The lowest BCUT2D eigenvalue weighted by atomic mass is 10.1. The zero-order valence-corrected chi connectivity index (χ0v) is 8.25. The number of rotatable bonds is 3. The number of aromatic nitrogens is 2. The molecule has 2 rings (SSSR count). The molecule has 2 aromatic heterocycles. The molecule has 0 unspecified atom stereocenters. The van der Waals surface area contributed by atoms with Crippen molar-refractivity contribution in [1.82, 2.24) is 9.97 Å². The number of pyridine rings is 1. The van der Waals surface area contributed by atoms with Crippen LogP contribution in [0.15, 0.2) is 24.5 Å². The van der Waals surface area contributed by atoms with E-state index in [1.807, 2.05) is 0 Å². The number of ketones is 1. The zero-order chi connectivity index (χ0) is 12.6. The summed E-state index contributed by atoms with van der Waals surface area (Å²) in [5.74, 6) is -6.60. The molecule has 0 spiro atoms. The number of aromatic amines is 1.